The Balaban J connectivity index is 1.95. The van der Waals surface area contributed by atoms with Gasteiger partial charge in [0.1, 0.15) is 6.61 Å². The Morgan fingerprint density at radius 1 is 1.42 bits per heavy atom. The SMILES string of the molecule is [B]C[C@H](O)CNc1ccc(N2CCOCC2=O)cc1. The number of carbonyl (C=O) groups excluding carboxylic acids is 1. The van der Waals surface area contributed by atoms with Crippen LogP contribution in [-0.4, -0.2) is 51.3 Å². The third kappa shape index (κ3) is 3.72. The van der Waals surface area contributed by atoms with Crippen molar-refractivity contribution in [3.63, 3.8) is 0 Å². The van der Waals surface area contributed by atoms with E-state index in [2.05, 4.69) is 5.32 Å². The van der Waals surface area contributed by atoms with Gasteiger partial charge in [0.15, 0.2) is 0 Å². The number of nitrogens with one attached hydrogen (secondary N) is 1. The lowest BCUT2D eigenvalue weighted by molar-refractivity contribution is -0.125. The maximum absolute atomic E-state index is 11.7. The largest absolute Gasteiger partial charge is 0.392 e. The molecule has 2 N–H and O–H groups in total. The molecule has 0 saturated carbocycles. The molecule has 5 nitrogen and oxygen atoms in total. The second-order valence-corrected chi connectivity index (χ2v) is 4.42. The number of hydrogen-bond acceptors (Lipinski definition) is 4. The van der Waals surface area contributed by atoms with Gasteiger partial charge in [-0.25, -0.2) is 0 Å². The highest BCUT2D eigenvalue weighted by Gasteiger charge is 2.19. The highest BCUT2D eigenvalue weighted by atomic mass is 16.5. The summed E-state index contributed by atoms with van der Waals surface area (Å²) in [6.45, 7) is 1.70. The lowest BCUT2D eigenvalue weighted by atomic mass is 9.99. The van der Waals surface area contributed by atoms with E-state index in [1.807, 2.05) is 24.3 Å². The van der Waals surface area contributed by atoms with Crippen molar-refractivity contribution in [2.75, 3.05) is 36.5 Å². The summed E-state index contributed by atoms with van der Waals surface area (Å²) in [5.41, 5.74) is 1.75. The van der Waals surface area contributed by atoms with E-state index < -0.39 is 6.10 Å². The van der Waals surface area contributed by atoms with Crippen LogP contribution in [0.2, 0.25) is 6.32 Å². The summed E-state index contributed by atoms with van der Waals surface area (Å²) in [4.78, 5) is 13.4. The molecule has 1 saturated heterocycles. The summed E-state index contributed by atoms with van der Waals surface area (Å²) in [5.74, 6) is -0.0227. The summed E-state index contributed by atoms with van der Waals surface area (Å²) in [6.07, 6.45) is -0.326. The number of hydrogen-bond donors (Lipinski definition) is 2. The normalized spacial score (nSPS) is 17.3. The Labute approximate surface area is 114 Å². The minimum absolute atomic E-state index is 0.0227. The number of nitrogens with zero attached hydrogens (tertiary/aromatic N) is 1. The highest BCUT2D eigenvalue weighted by Crippen LogP contribution is 2.19. The Bertz CT molecular complexity index is 424. The highest BCUT2D eigenvalue weighted by molar-refractivity contribution is 6.08. The first-order valence-corrected chi connectivity index (χ1v) is 6.31. The average Bonchev–Trinajstić information content (AvgIpc) is 2.46. The van der Waals surface area contributed by atoms with Crippen LogP contribution < -0.4 is 10.2 Å². The minimum atomic E-state index is -0.555. The van der Waals surface area contributed by atoms with Gasteiger partial charge < -0.3 is 20.1 Å². The molecular formula is C13H17BN2O3. The van der Waals surface area contributed by atoms with Gasteiger partial charge in [-0.15, -0.1) is 0 Å². The molecule has 0 spiro atoms. The number of aliphatic hydroxyl groups excluding tert-OH is 1. The van der Waals surface area contributed by atoms with Gasteiger partial charge in [0.25, 0.3) is 5.91 Å². The second-order valence-electron chi connectivity index (χ2n) is 4.42. The van der Waals surface area contributed by atoms with Crippen LogP contribution >= 0.6 is 0 Å². The van der Waals surface area contributed by atoms with Crippen LogP contribution in [0.1, 0.15) is 0 Å². The topological polar surface area (TPSA) is 61.8 Å². The first-order valence-electron chi connectivity index (χ1n) is 6.31. The quantitative estimate of drug-likeness (QED) is 0.753. The maximum atomic E-state index is 11.7. The van der Waals surface area contributed by atoms with Gasteiger partial charge in [-0.3, -0.25) is 4.79 Å². The Morgan fingerprint density at radius 2 is 2.16 bits per heavy atom. The third-order valence-corrected chi connectivity index (χ3v) is 2.98. The number of carbonyl (C=O) groups is 1. The van der Waals surface area contributed by atoms with Crippen LogP contribution in [-0.2, 0) is 9.53 Å². The monoisotopic (exact) mass is 260 g/mol. The molecule has 2 rings (SSSR count). The molecule has 1 atom stereocenters. The second kappa shape index (κ2) is 6.59. The first-order chi connectivity index (χ1) is 9.20. The van der Waals surface area contributed by atoms with Gasteiger partial charge in [0, 0.05) is 24.5 Å². The minimum Gasteiger partial charge on any atom is -0.392 e. The smallest absolute Gasteiger partial charge is 0.253 e. The predicted octanol–water partition coefficient (Wildman–Crippen LogP) is 0.409. The molecule has 1 amide bonds. The molecule has 1 fully saturated rings. The van der Waals surface area contributed by atoms with E-state index in [4.69, 9.17) is 12.6 Å². The fourth-order valence-corrected chi connectivity index (χ4v) is 1.87. The number of aliphatic hydroxyl groups is 1. The molecule has 1 aromatic carbocycles. The molecule has 6 heteroatoms. The molecule has 0 bridgehead atoms. The van der Waals surface area contributed by atoms with Crippen LogP contribution in [0.5, 0.6) is 0 Å². The Morgan fingerprint density at radius 3 is 2.79 bits per heavy atom. The van der Waals surface area contributed by atoms with Crippen molar-refractivity contribution in [3.05, 3.63) is 24.3 Å². The summed E-state index contributed by atoms with van der Waals surface area (Å²) < 4.78 is 5.09. The number of benzene rings is 1. The van der Waals surface area contributed by atoms with E-state index in [0.717, 1.165) is 11.4 Å². The zero-order chi connectivity index (χ0) is 13.7. The first kappa shape index (κ1) is 13.9. The van der Waals surface area contributed by atoms with E-state index >= 15 is 0 Å². The van der Waals surface area contributed by atoms with E-state index in [-0.39, 0.29) is 18.8 Å². The zero-order valence-corrected chi connectivity index (χ0v) is 10.7. The van der Waals surface area contributed by atoms with Crippen molar-refractivity contribution < 1.29 is 14.6 Å². The average molecular weight is 260 g/mol. The molecule has 19 heavy (non-hydrogen) atoms. The van der Waals surface area contributed by atoms with Gasteiger partial charge in [0.2, 0.25) is 0 Å². The van der Waals surface area contributed by atoms with Gasteiger partial charge >= 0.3 is 0 Å². The van der Waals surface area contributed by atoms with E-state index in [9.17, 15) is 9.90 Å². The van der Waals surface area contributed by atoms with Gasteiger partial charge in [-0.05, 0) is 24.3 Å². The van der Waals surface area contributed by atoms with Crippen molar-refractivity contribution in [2.24, 2.45) is 0 Å². The zero-order valence-electron chi connectivity index (χ0n) is 10.7. The van der Waals surface area contributed by atoms with Crippen LogP contribution in [0, 0.1) is 0 Å². The third-order valence-electron chi connectivity index (χ3n) is 2.98. The molecule has 0 aliphatic carbocycles. The van der Waals surface area contributed by atoms with Gasteiger partial charge in [0.05, 0.1) is 20.6 Å². The molecule has 1 aliphatic rings. The lowest BCUT2D eigenvalue weighted by Crippen LogP contribution is -2.41. The molecule has 0 aromatic heterocycles. The van der Waals surface area contributed by atoms with E-state index in [0.29, 0.717) is 19.7 Å². The number of anilines is 2. The molecular weight excluding hydrogens is 243 g/mol. The van der Waals surface area contributed by atoms with Crippen molar-refractivity contribution >= 4 is 25.1 Å². The van der Waals surface area contributed by atoms with Crippen LogP contribution in [0.3, 0.4) is 0 Å². The predicted molar refractivity (Wildman–Crippen MR) is 74.7 cm³/mol. The molecule has 1 heterocycles. The van der Waals surface area contributed by atoms with Crippen LogP contribution in [0.4, 0.5) is 11.4 Å². The number of morpholine rings is 1. The fourth-order valence-electron chi connectivity index (χ4n) is 1.87. The van der Waals surface area contributed by atoms with Crippen molar-refractivity contribution in [1.29, 1.82) is 0 Å². The molecule has 100 valence electrons. The number of amides is 1. The van der Waals surface area contributed by atoms with E-state index in [1.54, 1.807) is 4.90 Å². The number of ether oxygens (including phenoxy) is 1. The van der Waals surface area contributed by atoms with Gasteiger partial charge in [-0.1, -0.05) is 6.32 Å². The van der Waals surface area contributed by atoms with E-state index in [1.165, 1.54) is 0 Å². The van der Waals surface area contributed by atoms with Crippen LogP contribution in [0.25, 0.3) is 0 Å². The van der Waals surface area contributed by atoms with Crippen molar-refractivity contribution in [1.82, 2.24) is 0 Å². The lowest BCUT2D eigenvalue weighted by Gasteiger charge is -2.27. The summed E-state index contributed by atoms with van der Waals surface area (Å²) in [5, 5.41) is 12.4. The molecule has 2 radical (unpaired) electrons. The molecule has 1 aliphatic heterocycles. The fraction of sp³-hybridized carbons (Fsp3) is 0.462. The summed E-state index contributed by atoms with van der Waals surface area (Å²) in [6, 6.07) is 7.50. The maximum Gasteiger partial charge on any atom is 0.253 e. The van der Waals surface area contributed by atoms with Crippen molar-refractivity contribution in [3.8, 4) is 0 Å². The molecule has 1 aromatic rings. The Hall–Kier alpha value is -1.53. The number of rotatable bonds is 5. The summed E-state index contributed by atoms with van der Waals surface area (Å²) in [7, 11) is 5.33. The van der Waals surface area contributed by atoms with Crippen molar-refractivity contribution in [2.45, 2.75) is 12.4 Å². The molecule has 0 unspecified atom stereocenters. The standard InChI is InChI=1S/C13H17BN2O3/c14-7-12(17)8-15-10-1-3-11(4-2-10)16-5-6-19-9-13(16)18/h1-4,12,15,17H,5-9H2/t12-/m0/s1. The Kier molecular flexibility index (Phi) is 4.82. The summed E-state index contributed by atoms with van der Waals surface area (Å²) >= 11 is 0. The van der Waals surface area contributed by atoms with Gasteiger partial charge in [-0.2, -0.15) is 0 Å². The van der Waals surface area contributed by atoms with Crippen LogP contribution in [0.15, 0.2) is 24.3 Å².